The molecule has 2 nitrogen and oxygen atoms in total. The van der Waals surface area contributed by atoms with Crippen LogP contribution in [0.25, 0.3) is 0 Å². The molecular weight excluding hydrogens is 391 g/mol. The van der Waals surface area contributed by atoms with Crippen molar-refractivity contribution in [2.75, 3.05) is 7.11 Å². The molecule has 20 heavy (non-hydrogen) atoms. The summed E-state index contributed by atoms with van der Waals surface area (Å²) >= 11 is 6.62. The third-order valence-electron chi connectivity index (χ3n) is 2.84. The largest absolute Gasteiger partial charge is 0.497 e. The lowest BCUT2D eigenvalue weighted by atomic mass is 10.0. The Morgan fingerprint density at radius 3 is 2.55 bits per heavy atom. The number of carbonyl (C=O) groups excluding carboxylic acids is 1. The molecule has 2 aromatic rings. The maximum Gasteiger partial charge on any atom is 0.168 e. The smallest absolute Gasteiger partial charge is 0.168 e. The van der Waals surface area contributed by atoms with E-state index in [1.54, 1.807) is 31.4 Å². The molecule has 0 amide bonds. The minimum atomic E-state index is -0.337. The zero-order chi connectivity index (χ0) is 14.7. The molecule has 0 saturated heterocycles. The Bertz CT molecular complexity index is 656. The van der Waals surface area contributed by atoms with Crippen LogP contribution >= 0.6 is 31.9 Å². The van der Waals surface area contributed by atoms with Crippen molar-refractivity contribution in [2.45, 2.75) is 6.42 Å². The van der Waals surface area contributed by atoms with Crippen molar-refractivity contribution in [1.29, 1.82) is 0 Å². The fraction of sp³-hybridized carbons (Fsp3) is 0.133. The van der Waals surface area contributed by atoms with Crippen LogP contribution in [0, 0.1) is 5.82 Å². The Hall–Kier alpha value is -1.20. The van der Waals surface area contributed by atoms with Gasteiger partial charge in [0, 0.05) is 20.9 Å². The first-order chi connectivity index (χ1) is 9.51. The summed E-state index contributed by atoms with van der Waals surface area (Å²) in [5.41, 5.74) is 1.28. The fourth-order valence-electron chi connectivity index (χ4n) is 1.78. The molecule has 0 aliphatic carbocycles. The predicted octanol–water partition coefficient (Wildman–Crippen LogP) is 4.78. The summed E-state index contributed by atoms with van der Waals surface area (Å²) in [6, 6.07) is 9.52. The van der Waals surface area contributed by atoms with Crippen LogP contribution in [0.3, 0.4) is 0 Å². The van der Waals surface area contributed by atoms with Gasteiger partial charge < -0.3 is 4.74 Å². The van der Waals surface area contributed by atoms with E-state index in [1.807, 2.05) is 0 Å². The van der Waals surface area contributed by atoms with Gasteiger partial charge in [-0.15, -0.1) is 0 Å². The van der Waals surface area contributed by atoms with E-state index in [-0.39, 0.29) is 18.0 Å². The molecule has 104 valence electrons. The van der Waals surface area contributed by atoms with Crippen LogP contribution < -0.4 is 4.74 Å². The molecular formula is C15H11Br2FO2. The monoisotopic (exact) mass is 400 g/mol. The molecule has 0 bridgehead atoms. The standard InChI is InChI=1S/C15H11Br2FO2/c1-20-11-4-5-13(16)12(8-11)15(19)6-9-2-3-10(18)7-14(9)17/h2-5,7-8H,6H2,1H3. The maximum atomic E-state index is 13.0. The summed E-state index contributed by atoms with van der Waals surface area (Å²) in [6.07, 6.45) is 0.187. The molecule has 2 aromatic carbocycles. The summed E-state index contributed by atoms with van der Waals surface area (Å²) in [5, 5.41) is 0. The van der Waals surface area contributed by atoms with Gasteiger partial charge in [-0.25, -0.2) is 4.39 Å². The quantitative estimate of drug-likeness (QED) is 0.688. The van der Waals surface area contributed by atoms with Crippen LogP contribution in [0.1, 0.15) is 15.9 Å². The highest BCUT2D eigenvalue weighted by Crippen LogP contribution is 2.25. The van der Waals surface area contributed by atoms with Crippen molar-refractivity contribution in [3.05, 3.63) is 62.3 Å². The molecule has 0 N–H and O–H groups in total. The van der Waals surface area contributed by atoms with Crippen molar-refractivity contribution in [3.63, 3.8) is 0 Å². The molecule has 5 heteroatoms. The van der Waals surface area contributed by atoms with Crippen LogP contribution in [0.4, 0.5) is 4.39 Å². The van der Waals surface area contributed by atoms with E-state index in [2.05, 4.69) is 31.9 Å². The summed E-state index contributed by atoms with van der Waals surface area (Å²) in [5.74, 6) is 0.216. The summed E-state index contributed by atoms with van der Waals surface area (Å²) in [7, 11) is 1.55. The second-order valence-electron chi connectivity index (χ2n) is 4.18. The minimum absolute atomic E-state index is 0.0666. The Kier molecular flexibility index (Phi) is 4.94. The van der Waals surface area contributed by atoms with E-state index in [4.69, 9.17) is 4.74 Å². The van der Waals surface area contributed by atoms with Crippen molar-refractivity contribution in [3.8, 4) is 5.75 Å². The van der Waals surface area contributed by atoms with Crippen molar-refractivity contribution in [2.24, 2.45) is 0 Å². The van der Waals surface area contributed by atoms with E-state index >= 15 is 0 Å². The number of ketones is 1. The predicted molar refractivity (Wildman–Crippen MR) is 82.8 cm³/mol. The molecule has 0 aliphatic heterocycles. The molecule has 0 fully saturated rings. The van der Waals surface area contributed by atoms with Crippen LogP contribution in [0.5, 0.6) is 5.75 Å². The van der Waals surface area contributed by atoms with Crippen LogP contribution in [0.15, 0.2) is 45.3 Å². The van der Waals surface area contributed by atoms with Crippen LogP contribution in [-0.4, -0.2) is 12.9 Å². The lowest BCUT2D eigenvalue weighted by molar-refractivity contribution is 0.0991. The zero-order valence-electron chi connectivity index (χ0n) is 10.6. The summed E-state index contributed by atoms with van der Waals surface area (Å²) in [6.45, 7) is 0. The fourth-order valence-corrected chi connectivity index (χ4v) is 2.74. The molecule has 0 atom stereocenters. The van der Waals surface area contributed by atoms with E-state index in [0.29, 0.717) is 20.3 Å². The Labute approximate surface area is 133 Å². The topological polar surface area (TPSA) is 26.3 Å². The number of hydrogen-bond acceptors (Lipinski definition) is 2. The van der Waals surface area contributed by atoms with Crippen LogP contribution in [0.2, 0.25) is 0 Å². The highest BCUT2D eigenvalue weighted by Gasteiger charge is 2.14. The molecule has 0 unspecified atom stereocenters. The summed E-state index contributed by atoms with van der Waals surface area (Å²) < 4.78 is 19.4. The third kappa shape index (κ3) is 3.46. The minimum Gasteiger partial charge on any atom is -0.497 e. The normalized spacial score (nSPS) is 10.4. The SMILES string of the molecule is COc1ccc(Br)c(C(=O)Cc2ccc(F)cc2Br)c1. The van der Waals surface area contributed by atoms with Crippen molar-refractivity contribution < 1.29 is 13.9 Å². The zero-order valence-corrected chi connectivity index (χ0v) is 13.8. The number of Topliss-reactive ketones (excluding diaryl/α,β-unsaturated/α-hetero) is 1. The Morgan fingerprint density at radius 2 is 1.90 bits per heavy atom. The van der Waals surface area contributed by atoms with Crippen molar-refractivity contribution in [1.82, 2.24) is 0 Å². The number of rotatable bonds is 4. The first-order valence-corrected chi connectivity index (χ1v) is 7.40. The van der Waals surface area contributed by atoms with E-state index in [0.717, 1.165) is 5.56 Å². The molecule has 0 saturated carbocycles. The Balaban J connectivity index is 2.28. The third-order valence-corrected chi connectivity index (χ3v) is 4.27. The molecule has 0 radical (unpaired) electrons. The first kappa shape index (κ1) is 15.2. The Morgan fingerprint density at radius 1 is 1.15 bits per heavy atom. The van der Waals surface area contributed by atoms with E-state index in [1.165, 1.54) is 12.1 Å². The molecule has 0 aliphatic rings. The van der Waals surface area contributed by atoms with Gasteiger partial charge in [0.15, 0.2) is 5.78 Å². The number of hydrogen-bond donors (Lipinski definition) is 0. The lowest BCUT2D eigenvalue weighted by Gasteiger charge is -2.08. The maximum absolute atomic E-state index is 13.0. The van der Waals surface area contributed by atoms with E-state index in [9.17, 15) is 9.18 Å². The van der Waals surface area contributed by atoms with Gasteiger partial charge in [0.25, 0.3) is 0 Å². The van der Waals surface area contributed by atoms with Crippen LogP contribution in [-0.2, 0) is 6.42 Å². The number of ether oxygens (including phenoxy) is 1. The molecule has 0 aromatic heterocycles. The summed E-state index contributed by atoms with van der Waals surface area (Å²) in [4.78, 5) is 12.3. The second kappa shape index (κ2) is 6.50. The second-order valence-corrected chi connectivity index (χ2v) is 5.89. The molecule has 0 heterocycles. The number of methoxy groups -OCH3 is 1. The van der Waals surface area contributed by atoms with Gasteiger partial charge in [-0.3, -0.25) is 4.79 Å². The van der Waals surface area contributed by atoms with Gasteiger partial charge in [0.05, 0.1) is 7.11 Å². The van der Waals surface area contributed by atoms with Gasteiger partial charge >= 0.3 is 0 Å². The van der Waals surface area contributed by atoms with Gasteiger partial charge in [0.1, 0.15) is 11.6 Å². The first-order valence-electron chi connectivity index (χ1n) is 5.82. The highest BCUT2D eigenvalue weighted by molar-refractivity contribution is 9.10. The number of carbonyl (C=O) groups is 1. The van der Waals surface area contributed by atoms with Gasteiger partial charge in [-0.2, -0.15) is 0 Å². The van der Waals surface area contributed by atoms with Gasteiger partial charge in [0.2, 0.25) is 0 Å². The average Bonchev–Trinajstić information content (AvgIpc) is 2.42. The lowest BCUT2D eigenvalue weighted by Crippen LogP contribution is -2.05. The number of halogens is 3. The molecule has 2 rings (SSSR count). The van der Waals surface area contributed by atoms with Gasteiger partial charge in [-0.05, 0) is 35.9 Å². The highest BCUT2D eigenvalue weighted by atomic mass is 79.9. The molecule has 0 spiro atoms. The average molecular weight is 402 g/mol. The van der Waals surface area contributed by atoms with Crippen molar-refractivity contribution >= 4 is 37.6 Å². The van der Waals surface area contributed by atoms with Gasteiger partial charge in [-0.1, -0.05) is 37.9 Å². The number of benzene rings is 2. The van der Waals surface area contributed by atoms with E-state index < -0.39 is 0 Å².